The summed E-state index contributed by atoms with van der Waals surface area (Å²) in [7, 11) is 0. The van der Waals surface area contributed by atoms with Crippen LogP contribution in [0.1, 0.15) is 0 Å². The molecule has 0 aliphatic rings. The second-order valence-electron chi connectivity index (χ2n) is 2.40. The summed E-state index contributed by atoms with van der Waals surface area (Å²) in [6, 6.07) is 4.86. The van der Waals surface area contributed by atoms with Crippen molar-refractivity contribution in [2.45, 2.75) is 10.2 Å². The van der Waals surface area contributed by atoms with Crippen molar-refractivity contribution in [3.8, 4) is 0 Å². The van der Waals surface area contributed by atoms with Gasteiger partial charge in [0.15, 0.2) is 0 Å². The quantitative estimate of drug-likeness (QED) is 0.770. The summed E-state index contributed by atoms with van der Waals surface area (Å²) >= 11 is 0.330. The van der Waals surface area contributed by atoms with Gasteiger partial charge in [0, 0.05) is 4.90 Å². The van der Waals surface area contributed by atoms with Crippen LogP contribution >= 0.6 is 11.8 Å². The number of thioether (sulfide) groups is 1. The molecule has 0 aliphatic heterocycles. The van der Waals surface area contributed by atoms with Gasteiger partial charge in [-0.2, -0.15) is 8.78 Å². The third-order valence-corrected chi connectivity index (χ3v) is 2.29. The summed E-state index contributed by atoms with van der Waals surface area (Å²) in [6.45, 7) is -0.727. The summed E-state index contributed by atoms with van der Waals surface area (Å²) < 4.78 is 37.7. The van der Waals surface area contributed by atoms with E-state index >= 15 is 0 Å². The summed E-state index contributed by atoms with van der Waals surface area (Å²) in [5.41, 5.74) is 4.84. The molecule has 0 heterocycles. The molecule has 0 aromatic heterocycles. The van der Waals surface area contributed by atoms with Crippen LogP contribution in [-0.4, -0.2) is 11.8 Å². The third kappa shape index (κ3) is 3.28. The van der Waals surface area contributed by atoms with Crippen molar-refractivity contribution in [1.82, 2.24) is 0 Å². The van der Waals surface area contributed by atoms with Gasteiger partial charge in [-0.05, 0) is 24.3 Å². The molecular weight excluding hydrogens is 199 g/mol. The van der Waals surface area contributed by atoms with E-state index in [0.717, 1.165) is 12.1 Å². The molecule has 2 N–H and O–H groups in total. The fraction of sp³-hybridized carbons (Fsp3) is 0.250. The van der Waals surface area contributed by atoms with E-state index in [9.17, 15) is 13.2 Å². The van der Waals surface area contributed by atoms with E-state index in [1.165, 1.54) is 12.1 Å². The van der Waals surface area contributed by atoms with Crippen LogP contribution in [0.4, 0.5) is 13.2 Å². The Bertz CT molecular complexity index is 273. The Balaban J connectivity index is 2.69. The number of halogens is 3. The van der Waals surface area contributed by atoms with Gasteiger partial charge in [0.2, 0.25) is 0 Å². The monoisotopic (exact) mass is 207 g/mol. The number of benzene rings is 1. The van der Waals surface area contributed by atoms with Crippen LogP contribution in [0.15, 0.2) is 29.2 Å². The minimum Gasteiger partial charge on any atom is -0.324 e. The van der Waals surface area contributed by atoms with E-state index in [1.54, 1.807) is 0 Å². The molecule has 1 aromatic carbocycles. The van der Waals surface area contributed by atoms with Gasteiger partial charge >= 0.3 is 5.25 Å². The molecular formula is C8H8F3NS. The van der Waals surface area contributed by atoms with Crippen molar-refractivity contribution in [2.75, 3.05) is 6.54 Å². The molecule has 0 radical (unpaired) electrons. The molecule has 0 atom stereocenters. The Morgan fingerprint density at radius 3 is 2.23 bits per heavy atom. The molecule has 1 aromatic rings. The number of hydrogen-bond donors (Lipinski definition) is 1. The number of nitrogens with two attached hydrogens (primary N) is 1. The molecule has 0 saturated carbocycles. The minimum atomic E-state index is -2.99. The lowest BCUT2D eigenvalue weighted by atomic mass is 10.4. The zero-order valence-corrected chi connectivity index (χ0v) is 7.45. The SMILES string of the molecule is NCC(F)(F)Sc1ccc(F)cc1. The molecule has 0 bridgehead atoms. The molecule has 0 amide bonds. The van der Waals surface area contributed by atoms with Gasteiger partial charge in [0.25, 0.3) is 0 Å². The standard InChI is InChI=1S/C8H8F3NS/c9-6-1-3-7(4-2-6)13-8(10,11)5-12/h1-4H,5,12H2. The minimum absolute atomic E-state index is 0.303. The van der Waals surface area contributed by atoms with E-state index in [0.29, 0.717) is 16.7 Å². The lowest BCUT2D eigenvalue weighted by Crippen LogP contribution is -2.23. The Labute approximate surface area is 78.1 Å². The van der Waals surface area contributed by atoms with E-state index in [2.05, 4.69) is 0 Å². The fourth-order valence-corrected chi connectivity index (χ4v) is 1.42. The largest absolute Gasteiger partial charge is 0.324 e. The lowest BCUT2D eigenvalue weighted by molar-refractivity contribution is 0.116. The first-order chi connectivity index (χ1) is 6.03. The maximum absolute atomic E-state index is 12.7. The number of rotatable bonds is 3. The van der Waals surface area contributed by atoms with Gasteiger partial charge in [-0.15, -0.1) is 0 Å². The van der Waals surface area contributed by atoms with Crippen LogP contribution in [0.2, 0.25) is 0 Å². The Morgan fingerprint density at radius 1 is 1.23 bits per heavy atom. The maximum Gasteiger partial charge on any atom is 0.310 e. The smallest absolute Gasteiger partial charge is 0.310 e. The number of hydrogen-bond acceptors (Lipinski definition) is 2. The van der Waals surface area contributed by atoms with E-state index in [1.807, 2.05) is 0 Å². The van der Waals surface area contributed by atoms with Crippen LogP contribution in [0.5, 0.6) is 0 Å². The molecule has 1 nitrogen and oxygen atoms in total. The normalized spacial score (nSPS) is 11.7. The molecule has 0 saturated heterocycles. The van der Waals surface area contributed by atoms with E-state index in [-0.39, 0.29) is 0 Å². The first-order valence-corrected chi connectivity index (χ1v) is 4.37. The first-order valence-electron chi connectivity index (χ1n) is 3.56. The second-order valence-corrected chi connectivity index (χ2v) is 3.67. The average molecular weight is 207 g/mol. The van der Waals surface area contributed by atoms with Gasteiger partial charge in [-0.25, -0.2) is 4.39 Å². The van der Waals surface area contributed by atoms with Crippen molar-refractivity contribution in [3.05, 3.63) is 30.1 Å². The lowest BCUT2D eigenvalue weighted by Gasteiger charge is -2.12. The molecule has 13 heavy (non-hydrogen) atoms. The highest BCUT2D eigenvalue weighted by Crippen LogP contribution is 2.34. The molecule has 72 valence electrons. The van der Waals surface area contributed by atoms with Crippen molar-refractivity contribution in [3.63, 3.8) is 0 Å². The van der Waals surface area contributed by atoms with E-state index < -0.39 is 17.6 Å². The highest BCUT2D eigenvalue weighted by Gasteiger charge is 2.27. The third-order valence-electron chi connectivity index (χ3n) is 1.32. The van der Waals surface area contributed by atoms with Gasteiger partial charge in [0.1, 0.15) is 5.82 Å². The average Bonchev–Trinajstić information content (AvgIpc) is 2.09. The zero-order valence-electron chi connectivity index (χ0n) is 6.64. The number of alkyl halides is 2. The van der Waals surface area contributed by atoms with Crippen LogP contribution in [0.3, 0.4) is 0 Å². The summed E-state index contributed by atoms with van der Waals surface area (Å²) in [5.74, 6) is -0.444. The van der Waals surface area contributed by atoms with Crippen molar-refractivity contribution in [1.29, 1.82) is 0 Å². The molecule has 0 unspecified atom stereocenters. The molecule has 0 spiro atoms. The van der Waals surface area contributed by atoms with Crippen molar-refractivity contribution in [2.24, 2.45) is 5.73 Å². The molecule has 0 aliphatic carbocycles. The van der Waals surface area contributed by atoms with Gasteiger partial charge < -0.3 is 5.73 Å². The van der Waals surface area contributed by atoms with Crippen LogP contribution in [0.25, 0.3) is 0 Å². The Hall–Kier alpha value is -0.680. The predicted octanol–water partition coefficient (Wildman–Crippen LogP) is 2.47. The van der Waals surface area contributed by atoms with Crippen molar-refractivity contribution < 1.29 is 13.2 Å². The van der Waals surface area contributed by atoms with Crippen molar-refractivity contribution >= 4 is 11.8 Å². The molecule has 5 heteroatoms. The Kier molecular flexibility index (Phi) is 3.22. The zero-order chi connectivity index (χ0) is 9.90. The highest BCUT2D eigenvalue weighted by atomic mass is 32.2. The molecule has 0 fully saturated rings. The summed E-state index contributed by atoms with van der Waals surface area (Å²) in [5, 5.41) is -2.99. The topological polar surface area (TPSA) is 26.0 Å². The summed E-state index contributed by atoms with van der Waals surface area (Å²) in [4.78, 5) is 0.303. The van der Waals surface area contributed by atoms with Crippen LogP contribution in [0, 0.1) is 5.82 Å². The Morgan fingerprint density at radius 2 is 1.77 bits per heavy atom. The summed E-state index contributed by atoms with van der Waals surface area (Å²) in [6.07, 6.45) is 0. The molecule has 1 rings (SSSR count). The van der Waals surface area contributed by atoms with Crippen LogP contribution < -0.4 is 5.73 Å². The fourth-order valence-electron chi connectivity index (χ4n) is 0.717. The van der Waals surface area contributed by atoms with E-state index in [4.69, 9.17) is 5.73 Å². The second kappa shape index (κ2) is 4.02. The van der Waals surface area contributed by atoms with Crippen LogP contribution in [-0.2, 0) is 0 Å². The predicted molar refractivity (Wildman–Crippen MR) is 46.3 cm³/mol. The van der Waals surface area contributed by atoms with Gasteiger partial charge in [-0.3, -0.25) is 0 Å². The maximum atomic E-state index is 12.7. The first kappa shape index (κ1) is 10.4. The highest BCUT2D eigenvalue weighted by molar-refractivity contribution is 8.00. The van der Waals surface area contributed by atoms with Gasteiger partial charge in [0.05, 0.1) is 6.54 Å². The van der Waals surface area contributed by atoms with Gasteiger partial charge in [-0.1, -0.05) is 11.8 Å².